The second kappa shape index (κ2) is 4.27. The van der Waals surface area contributed by atoms with E-state index in [9.17, 15) is 0 Å². The highest BCUT2D eigenvalue weighted by Crippen LogP contribution is 2.35. The number of halogens is 1. The second-order valence-corrected chi connectivity index (χ2v) is 5.10. The molecule has 0 amide bonds. The summed E-state index contributed by atoms with van der Waals surface area (Å²) in [5.74, 6) is 0.961. The van der Waals surface area contributed by atoms with Crippen LogP contribution < -0.4 is 10.1 Å². The van der Waals surface area contributed by atoms with E-state index < -0.39 is 0 Å². The fourth-order valence-corrected chi connectivity index (χ4v) is 2.42. The number of hydrogen-bond acceptors (Lipinski definition) is 2. The molecular weight excluding hydrogens is 222 g/mol. The van der Waals surface area contributed by atoms with Crippen molar-refractivity contribution in [3.05, 3.63) is 28.8 Å². The molecule has 0 saturated heterocycles. The van der Waals surface area contributed by atoms with E-state index in [4.69, 9.17) is 16.3 Å². The third kappa shape index (κ3) is 2.18. The Labute approximate surface area is 101 Å². The first-order valence-corrected chi connectivity index (χ1v) is 6.39. The van der Waals surface area contributed by atoms with Crippen molar-refractivity contribution >= 4 is 11.6 Å². The highest BCUT2D eigenvalue weighted by atomic mass is 35.5. The molecule has 1 aromatic carbocycles. The van der Waals surface area contributed by atoms with Gasteiger partial charge in [0.25, 0.3) is 0 Å². The van der Waals surface area contributed by atoms with Gasteiger partial charge in [0.1, 0.15) is 5.75 Å². The monoisotopic (exact) mass is 237 g/mol. The minimum atomic E-state index is 0.447. The van der Waals surface area contributed by atoms with Gasteiger partial charge in [-0.2, -0.15) is 0 Å². The van der Waals surface area contributed by atoms with E-state index in [0.717, 1.165) is 36.3 Å². The lowest BCUT2D eigenvalue weighted by Gasteiger charge is -2.18. The smallest absolute Gasteiger partial charge is 0.125 e. The molecule has 0 radical (unpaired) electrons. The number of ether oxygens (including phenoxy) is 1. The van der Waals surface area contributed by atoms with Crippen molar-refractivity contribution in [3.8, 4) is 5.75 Å². The SMILES string of the molecule is Clc1ccc2c(c1)OCCCC2NC1CC1. The summed E-state index contributed by atoms with van der Waals surface area (Å²) in [6.45, 7) is 0.802. The summed E-state index contributed by atoms with van der Waals surface area (Å²) in [5.41, 5.74) is 1.27. The van der Waals surface area contributed by atoms with Gasteiger partial charge in [0, 0.05) is 22.7 Å². The van der Waals surface area contributed by atoms with Gasteiger partial charge in [-0.05, 0) is 37.8 Å². The number of rotatable bonds is 2. The van der Waals surface area contributed by atoms with E-state index >= 15 is 0 Å². The van der Waals surface area contributed by atoms with Crippen LogP contribution in [0.4, 0.5) is 0 Å². The van der Waals surface area contributed by atoms with Crippen molar-refractivity contribution in [1.29, 1.82) is 0 Å². The maximum atomic E-state index is 6.00. The van der Waals surface area contributed by atoms with Crippen LogP contribution in [0.25, 0.3) is 0 Å². The van der Waals surface area contributed by atoms with Gasteiger partial charge in [0.15, 0.2) is 0 Å². The van der Waals surface area contributed by atoms with Crippen molar-refractivity contribution in [2.24, 2.45) is 0 Å². The molecule has 1 aliphatic heterocycles. The molecule has 1 aliphatic carbocycles. The van der Waals surface area contributed by atoms with E-state index in [1.54, 1.807) is 0 Å². The Morgan fingerprint density at radius 1 is 1.25 bits per heavy atom. The Hall–Kier alpha value is -0.730. The maximum Gasteiger partial charge on any atom is 0.125 e. The Kier molecular flexibility index (Phi) is 2.78. The van der Waals surface area contributed by atoms with Crippen LogP contribution in [0, 0.1) is 0 Å². The molecule has 1 saturated carbocycles. The predicted octanol–water partition coefficient (Wildman–Crippen LogP) is 3.31. The van der Waals surface area contributed by atoms with Crippen molar-refractivity contribution in [2.45, 2.75) is 37.8 Å². The Morgan fingerprint density at radius 3 is 2.94 bits per heavy atom. The number of nitrogens with one attached hydrogen (secondary N) is 1. The predicted molar refractivity (Wildman–Crippen MR) is 65.1 cm³/mol. The van der Waals surface area contributed by atoms with Crippen LogP contribution in [0.1, 0.15) is 37.3 Å². The molecule has 3 rings (SSSR count). The van der Waals surface area contributed by atoms with Gasteiger partial charge in [-0.15, -0.1) is 0 Å². The molecule has 2 nitrogen and oxygen atoms in total. The average molecular weight is 238 g/mol. The Morgan fingerprint density at radius 2 is 2.12 bits per heavy atom. The van der Waals surface area contributed by atoms with Gasteiger partial charge in [-0.25, -0.2) is 0 Å². The largest absolute Gasteiger partial charge is 0.493 e. The molecule has 1 N–H and O–H groups in total. The normalized spacial score (nSPS) is 24.4. The van der Waals surface area contributed by atoms with E-state index in [2.05, 4.69) is 11.4 Å². The van der Waals surface area contributed by atoms with Gasteiger partial charge in [0.2, 0.25) is 0 Å². The minimum absolute atomic E-state index is 0.447. The highest BCUT2D eigenvalue weighted by molar-refractivity contribution is 6.30. The zero-order valence-electron chi connectivity index (χ0n) is 9.21. The zero-order chi connectivity index (χ0) is 11.0. The molecule has 1 heterocycles. The maximum absolute atomic E-state index is 6.00. The van der Waals surface area contributed by atoms with E-state index in [0.29, 0.717) is 6.04 Å². The average Bonchev–Trinajstić information content (AvgIpc) is 3.07. The van der Waals surface area contributed by atoms with Crippen molar-refractivity contribution in [3.63, 3.8) is 0 Å². The standard InChI is InChI=1S/C13H16ClNO/c14-9-3-6-11-12(15-10-4-5-10)2-1-7-16-13(11)8-9/h3,6,8,10,12,15H,1-2,4-5,7H2. The summed E-state index contributed by atoms with van der Waals surface area (Å²) in [7, 11) is 0. The first-order valence-electron chi connectivity index (χ1n) is 6.01. The van der Waals surface area contributed by atoms with Crippen LogP contribution >= 0.6 is 11.6 Å². The molecule has 3 heteroatoms. The fourth-order valence-electron chi connectivity index (χ4n) is 2.25. The third-order valence-corrected chi connectivity index (χ3v) is 3.50. The first-order chi connectivity index (χ1) is 7.83. The lowest BCUT2D eigenvalue weighted by atomic mass is 10.0. The molecule has 1 unspecified atom stereocenters. The Balaban J connectivity index is 1.89. The summed E-state index contributed by atoms with van der Waals surface area (Å²) in [6.07, 6.45) is 4.91. The fraction of sp³-hybridized carbons (Fsp3) is 0.538. The van der Waals surface area contributed by atoms with Crippen LogP contribution in [0.2, 0.25) is 5.02 Å². The quantitative estimate of drug-likeness (QED) is 0.852. The van der Waals surface area contributed by atoms with Crippen LogP contribution in [-0.4, -0.2) is 12.6 Å². The molecule has 0 aromatic heterocycles. The van der Waals surface area contributed by atoms with Gasteiger partial charge in [-0.1, -0.05) is 17.7 Å². The number of benzene rings is 1. The zero-order valence-corrected chi connectivity index (χ0v) is 9.96. The van der Waals surface area contributed by atoms with Gasteiger partial charge >= 0.3 is 0 Å². The van der Waals surface area contributed by atoms with Crippen LogP contribution in [0.3, 0.4) is 0 Å². The van der Waals surface area contributed by atoms with Crippen molar-refractivity contribution in [2.75, 3.05) is 6.61 Å². The van der Waals surface area contributed by atoms with Crippen LogP contribution in [0.15, 0.2) is 18.2 Å². The van der Waals surface area contributed by atoms with E-state index in [-0.39, 0.29) is 0 Å². The lowest BCUT2D eigenvalue weighted by molar-refractivity contribution is 0.315. The topological polar surface area (TPSA) is 21.3 Å². The third-order valence-electron chi connectivity index (χ3n) is 3.26. The number of fused-ring (bicyclic) bond motifs is 1. The van der Waals surface area contributed by atoms with Crippen LogP contribution in [-0.2, 0) is 0 Å². The molecule has 1 fully saturated rings. The number of hydrogen-bond donors (Lipinski definition) is 1. The molecule has 16 heavy (non-hydrogen) atoms. The van der Waals surface area contributed by atoms with Crippen LogP contribution in [0.5, 0.6) is 5.75 Å². The molecule has 1 atom stereocenters. The molecule has 1 aromatic rings. The van der Waals surface area contributed by atoms with Gasteiger partial charge < -0.3 is 10.1 Å². The summed E-state index contributed by atoms with van der Waals surface area (Å²) >= 11 is 6.00. The molecule has 0 bridgehead atoms. The van der Waals surface area contributed by atoms with Crippen molar-refractivity contribution in [1.82, 2.24) is 5.32 Å². The summed E-state index contributed by atoms with van der Waals surface area (Å²) < 4.78 is 5.74. The second-order valence-electron chi connectivity index (χ2n) is 4.67. The van der Waals surface area contributed by atoms with Gasteiger partial charge in [0.05, 0.1) is 6.61 Å². The van der Waals surface area contributed by atoms with E-state index in [1.807, 2.05) is 12.1 Å². The van der Waals surface area contributed by atoms with Gasteiger partial charge in [-0.3, -0.25) is 0 Å². The minimum Gasteiger partial charge on any atom is -0.493 e. The van der Waals surface area contributed by atoms with E-state index in [1.165, 1.54) is 18.4 Å². The molecule has 0 spiro atoms. The summed E-state index contributed by atoms with van der Waals surface area (Å²) in [6, 6.07) is 7.16. The summed E-state index contributed by atoms with van der Waals surface area (Å²) in [5, 5.41) is 4.44. The Bertz CT molecular complexity index is 390. The van der Waals surface area contributed by atoms with Crippen molar-refractivity contribution < 1.29 is 4.74 Å². The molecule has 86 valence electrons. The highest BCUT2D eigenvalue weighted by Gasteiger charge is 2.27. The summed E-state index contributed by atoms with van der Waals surface area (Å²) in [4.78, 5) is 0. The first kappa shape index (κ1) is 10.4. The molecular formula is C13H16ClNO. The molecule has 2 aliphatic rings. The lowest BCUT2D eigenvalue weighted by Crippen LogP contribution is -2.22.